The number of hydrogen-bond donors (Lipinski definition) is 0. The lowest BCUT2D eigenvalue weighted by atomic mass is 10.2. The smallest absolute Gasteiger partial charge is 0.324 e. The molecule has 1 aromatic heterocycles. The molecule has 0 bridgehead atoms. The van der Waals surface area contributed by atoms with Crippen LogP contribution < -0.4 is 10.7 Å². The molecule has 0 N–H and O–H groups in total. The summed E-state index contributed by atoms with van der Waals surface area (Å²) >= 11 is 0. The number of nitrogens with zero attached hydrogens (tertiary/aromatic N) is 2. The SMILES string of the molecule is Cn1c(C(F)(F)F)nc2c1=CCCC=2. The summed E-state index contributed by atoms with van der Waals surface area (Å²) in [5, 5.41) is 1.02. The second-order valence-corrected chi connectivity index (χ2v) is 3.25. The lowest BCUT2D eigenvalue weighted by molar-refractivity contribution is -0.146. The summed E-state index contributed by atoms with van der Waals surface area (Å²) in [4.78, 5) is 3.57. The van der Waals surface area contributed by atoms with E-state index in [4.69, 9.17) is 0 Å². The number of aromatic nitrogens is 2. The van der Waals surface area contributed by atoms with Crippen LogP contribution in [0.25, 0.3) is 12.2 Å². The lowest BCUT2D eigenvalue weighted by Crippen LogP contribution is -2.30. The summed E-state index contributed by atoms with van der Waals surface area (Å²) in [6.45, 7) is 0. The van der Waals surface area contributed by atoms with Gasteiger partial charge in [0.05, 0.1) is 10.7 Å². The lowest BCUT2D eigenvalue weighted by Gasteiger charge is -2.05. The molecule has 0 aromatic carbocycles. The zero-order valence-corrected chi connectivity index (χ0v) is 7.60. The largest absolute Gasteiger partial charge is 0.449 e. The maximum absolute atomic E-state index is 12.4. The molecule has 0 unspecified atom stereocenters. The fraction of sp³-hybridized carbons (Fsp3) is 0.444. The molecule has 5 heteroatoms. The normalized spacial score (nSPS) is 15.7. The summed E-state index contributed by atoms with van der Waals surface area (Å²) in [5.74, 6) is -0.822. The van der Waals surface area contributed by atoms with E-state index in [1.165, 1.54) is 7.05 Å². The molecule has 0 aliphatic heterocycles. The standard InChI is InChI=1S/C9H9F3N2/c1-14-7-5-3-2-4-6(7)13-8(14)9(10,11)12/h4-5H,2-3H2,1H3. The molecule has 76 valence electrons. The summed E-state index contributed by atoms with van der Waals surface area (Å²) in [5.41, 5.74) is 0. The number of imidazole rings is 1. The van der Waals surface area contributed by atoms with Crippen LogP contribution in [0.5, 0.6) is 0 Å². The Balaban J connectivity index is 2.74. The van der Waals surface area contributed by atoms with E-state index >= 15 is 0 Å². The fourth-order valence-corrected chi connectivity index (χ4v) is 1.62. The van der Waals surface area contributed by atoms with Crippen LogP contribution in [0, 0.1) is 0 Å². The minimum absolute atomic E-state index is 0.450. The van der Waals surface area contributed by atoms with Gasteiger partial charge in [-0.15, -0.1) is 0 Å². The van der Waals surface area contributed by atoms with E-state index in [9.17, 15) is 13.2 Å². The predicted octanol–water partition coefficient (Wildman–Crippen LogP) is 0.794. The third-order valence-electron chi connectivity index (χ3n) is 2.26. The van der Waals surface area contributed by atoms with Crippen LogP contribution in [-0.4, -0.2) is 9.55 Å². The van der Waals surface area contributed by atoms with Crippen molar-refractivity contribution in [2.45, 2.75) is 19.0 Å². The Morgan fingerprint density at radius 2 is 1.93 bits per heavy atom. The zero-order valence-electron chi connectivity index (χ0n) is 7.60. The second-order valence-electron chi connectivity index (χ2n) is 3.25. The van der Waals surface area contributed by atoms with E-state index in [-0.39, 0.29) is 0 Å². The van der Waals surface area contributed by atoms with Gasteiger partial charge in [0.2, 0.25) is 5.82 Å². The van der Waals surface area contributed by atoms with Crippen molar-refractivity contribution >= 4 is 12.2 Å². The molecule has 2 rings (SSSR count). The first kappa shape index (κ1) is 9.30. The summed E-state index contributed by atoms with van der Waals surface area (Å²) in [7, 11) is 1.39. The predicted molar refractivity (Wildman–Crippen MR) is 45.6 cm³/mol. The van der Waals surface area contributed by atoms with Crippen molar-refractivity contribution in [2.75, 3.05) is 0 Å². The van der Waals surface area contributed by atoms with E-state index in [0.29, 0.717) is 10.7 Å². The Morgan fingerprint density at radius 1 is 1.29 bits per heavy atom. The average molecular weight is 202 g/mol. The monoisotopic (exact) mass is 202 g/mol. The average Bonchev–Trinajstić information content (AvgIpc) is 2.44. The van der Waals surface area contributed by atoms with E-state index in [2.05, 4.69) is 4.98 Å². The Labute approximate surface area is 78.4 Å². The molecule has 2 nitrogen and oxygen atoms in total. The first-order chi connectivity index (χ1) is 6.50. The van der Waals surface area contributed by atoms with Crippen molar-refractivity contribution in [2.24, 2.45) is 7.05 Å². The van der Waals surface area contributed by atoms with Gasteiger partial charge >= 0.3 is 6.18 Å². The zero-order chi connectivity index (χ0) is 10.3. The molecule has 1 heterocycles. The molecule has 14 heavy (non-hydrogen) atoms. The summed E-state index contributed by atoms with van der Waals surface area (Å²) < 4.78 is 38.4. The Morgan fingerprint density at radius 3 is 2.50 bits per heavy atom. The Bertz CT molecular complexity index is 467. The van der Waals surface area contributed by atoms with Gasteiger partial charge in [0, 0.05) is 7.05 Å². The van der Waals surface area contributed by atoms with E-state index in [1.54, 1.807) is 12.2 Å². The van der Waals surface area contributed by atoms with Crippen LogP contribution in [-0.2, 0) is 13.2 Å². The van der Waals surface area contributed by atoms with Crippen LogP contribution in [0.4, 0.5) is 13.2 Å². The molecule has 0 amide bonds. The first-order valence-corrected chi connectivity index (χ1v) is 4.30. The van der Waals surface area contributed by atoms with Gasteiger partial charge in [-0.25, -0.2) is 4.98 Å². The van der Waals surface area contributed by atoms with Gasteiger partial charge < -0.3 is 4.57 Å². The highest BCUT2D eigenvalue weighted by Crippen LogP contribution is 2.25. The van der Waals surface area contributed by atoms with Crippen molar-refractivity contribution < 1.29 is 13.2 Å². The number of halogens is 3. The maximum atomic E-state index is 12.4. The molecule has 0 radical (unpaired) electrons. The van der Waals surface area contributed by atoms with Gasteiger partial charge in [0.1, 0.15) is 0 Å². The van der Waals surface area contributed by atoms with E-state index in [1.807, 2.05) is 0 Å². The Hall–Kier alpha value is -1.26. The van der Waals surface area contributed by atoms with Gasteiger partial charge in [0.25, 0.3) is 0 Å². The van der Waals surface area contributed by atoms with Crippen LogP contribution >= 0.6 is 0 Å². The quantitative estimate of drug-likeness (QED) is 0.608. The molecule has 0 spiro atoms. The van der Waals surface area contributed by atoms with Crippen molar-refractivity contribution in [1.82, 2.24) is 9.55 Å². The van der Waals surface area contributed by atoms with Crippen molar-refractivity contribution in [3.05, 3.63) is 16.5 Å². The highest BCUT2D eigenvalue weighted by atomic mass is 19.4. The number of fused-ring (bicyclic) bond motifs is 1. The second kappa shape index (κ2) is 2.87. The van der Waals surface area contributed by atoms with Crippen molar-refractivity contribution in [3.8, 4) is 0 Å². The topological polar surface area (TPSA) is 17.8 Å². The summed E-state index contributed by atoms with van der Waals surface area (Å²) in [6.07, 6.45) is 0.709. The van der Waals surface area contributed by atoms with Crippen LogP contribution in [0.2, 0.25) is 0 Å². The third kappa shape index (κ3) is 1.32. The van der Waals surface area contributed by atoms with Gasteiger partial charge in [0.15, 0.2) is 0 Å². The molecule has 0 atom stereocenters. The highest BCUT2D eigenvalue weighted by molar-refractivity contribution is 5.34. The highest BCUT2D eigenvalue weighted by Gasteiger charge is 2.36. The first-order valence-electron chi connectivity index (χ1n) is 4.30. The number of hydrogen-bond acceptors (Lipinski definition) is 1. The maximum Gasteiger partial charge on any atom is 0.449 e. The molecule has 0 saturated carbocycles. The van der Waals surface area contributed by atoms with Crippen molar-refractivity contribution in [3.63, 3.8) is 0 Å². The van der Waals surface area contributed by atoms with Gasteiger partial charge in [-0.2, -0.15) is 13.2 Å². The number of alkyl halides is 3. The van der Waals surface area contributed by atoms with Gasteiger partial charge in [-0.05, 0) is 12.8 Å². The van der Waals surface area contributed by atoms with Gasteiger partial charge in [-0.3, -0.25) is 0 Å². The molecule has 0 fully saturated rings. The van der Waals surface area contributed by atoms with E-state index in [0.717, 1.165) is 17.4 Å². The van der Waals surface area contributed by atoms with Crippen LogP contribution in [0.15, 0.2) is 0 Å². The van der Waals surface area contributed by atoms with Crippen LogP contribution in [0.1, 0.15) is 18.7 Å². The molecule has 1 aromatic rings. The van der Waals surface area contributed by atoms with Crippen LogP contribution in [0.3, 0.4) is 0 Å². The van der Waals surface area contributed by atoms with E-state index < -0.39 is 12.0 Å². The number of rotatable bonds is 0. The molecular formula is C9H9F3N2. The molecular weight excluding hydrogens is 193 g/mol. The summed E-state index contributed by atoms with van der Waals surface area (Å²) in [6, 6.07) is 0. The molecule has 1 aliphatic rings. The van der Waals surface area contributed by atoms with Crippen molar-refractivity contribution in [1.29, 1.82) is 0 Å². The molecule has 1 aliphatic carbocycles. The minimum atomic E-state index is -4.37. The fourth-order valence-electron chi connectivity index (χ4n) is 1.62. The third-order valence-corrected chi connectivity index (χ3v) is 2.26. The Kier molecular flexibility index (Phi) is 1.90. The molecule has 0 saturated heterocycles. The minimum Gasteiger partial charge on any atom is -0.324 e. The van der Waals surface area contributed by atoms with Gasteiger partial charge in [-0.1, -0.05) is 12.2 Å².